The maximum atomic E-state index is 13.1. The summed E-state index contributed by atoms with van der Waals surface area (Å²) >= 11 is 0. The van der Waals surface area contributed by atoms with Gasteiger partial charge in [0.2, 0.25) is 11.8 Å². The molecule has 0 saturated carbocycles. The first kappa shape index (κ1) is 29.3. The number of aryl methyl sites for hydroxylation is 1. The fourth-order valence-corrected chi connectivity index (χ4v) is 4.59. The van der Waals surface area contributed by atoms with Crippen LogP contribution in [0.4, 0.5) is 18.9 Å². The van der Waals surface area contributed by atoms with E-state index in [1.54, 1.807) is 24.3 Å². The summed E-state index contributed by atoms with van der Waals surface area (Å²) in [6.07, 6.45) is -5.25. The van der Waals surface area contributed by atoms with E-state index in [-0.39, 0.29) is 25.4 Å². The Kier molecular flexibility index (Phi) is 8.74. The van der Waals surface area contributed by atoms with Crippen LogP contribution in [0.15, 0.2) is 54.6 Å². The number of hydrogen-bond donors (Lipinski definition) is 2. The molecular weight excluding hydrogens is 545 g/mol. The maximum Gasteiger partial charge on any atom is 0.493 e. The highest BCUT2D eigenvalue weighted by Crippen LogP contribution is 2.27. The zero-order valence-corrected chi connectivity index (χ0v) is 22.2. The number of likely N-dealkylation sites (tertiary alicyclic amines) is 1. The predicted molar refractivity (Wildman–Crippen MR) is 140 cm³/mol. The Morgan fingerprint density at radius 3 is 2.41 bits per heavy atom. The largest absolute Gasteiger partial charge is 0.493 e. The highest BCUT2D eigenvalue weighted by molar-refractivity contribution is 5.96. The summed E-state index contributed by atoms with van der Waals surface area (Å²) in [4.78, 5) is 58.2. The van der Waals surface area contributed by atoms with Crippen LogP contribution in [0.2, 0.25) is 0 Å². The molecule has 10 nitrogen and oxygen atoms in total. The minimum Gasteiger partial charge on any atom is -0.489 e. The van der Waals surface area contributed by atoms with Crippen LogP contribution in [0, 0.1) is 18.8 Å². The van der Waals surface area contributed by atoms with Crippen molar-refractivity contribution >= 4 is 40.3 Å². The summed E-state index contributed by atoms with van der Waals surface area (Å²) in [6.45, 7) is 3.38. The lowest BCUT2D eigenvalue weighted by Crippen LogP contribution is -2.52. The number of piperidine rings is 1. The van der Waals surface area contributed by atoms with Crippen molar-refractivity contribution in [1.82, 2.24) is 15.4 Å². The molecule has 1 unspecified atom stereocenters. The summed E-state index contributed by atoms with van der Waals surface area (Å²) in [6, 6.07) is 16.2. The predicted octanol–water partition coefficient (Wildman–Crippen LogP) is 3.68. The molecule has 0 bridgehead atoms. The molecule has 3 aromatic rings. The topological polar surface area (TPSA) is 127 Å². The van der Waals surface area contributed by atoms with Gasteiger partial charge in [-0.1, -0.05) is 18.2 Å². The lowest BCUT2D eigenvalue weighted by Gasteiger charge is -2.36. The van der Waals surface area contributed by atoms with Crippen molar-refractivity contribution in [3.05, 3.63) is 65.9 Å². The lowest BCUT2D eigenvalue weighted by atomic mass is 9.84. The number of para-hydroxylation sites is 1. The minimum atomic E-state index is -5.32. The van der Waals surface area contributed by atoms with Crippen LogP contribution in [0.1, 0.15) is 24.6 Å². The summed E-state index contributed by atoms with van der Waals surface area (Å²) in [5.41, 5.74) is 4.55. The SMILES string of the molecule is CC(=O)N1CCC(C(=O)Nc2ccc(OCc3cc(C)nc4ccccc34)cc2)[C@@H](C(=O)NOC(=O)C(F)(F)F)C1. The number of hydrogen-bond acceptors (Lipinski definition) is 7. The third-order valence-corrected chi connectivity index (χ3v) is 6.65. The van der Waals surface area contributed by atoms with Crippen LogP contribution in [0.3, 0.4) is 0 Å². The fraction of sp³-hybridized carbons (Fsp3) is 0.321. The van der Waals surface area contributed by atoms with E-state index >= 15 is 0 Å². The molecule has 0 radical (unpaired) electrons. The number of fused-ring (bicyclic) bond motifs is 1. The van der Waals surface area contributed by atoms with Crippen LogP contribution in [-0.2, 0) is 30.6 Å². The number of hydroxylamine groups is 1. The quantitative estimate of drug-likeness (QED) is 0.432. The molecule has 1 aromatic heterocycles. The molecular formula is C28H27F3N4O6. The van der Waals surface area contributed by atoms with Gasteiger partial charge in [-0.05, 0) is 49.7 Å². The van der Waals surface area contributed by atoms with Gasteiger partial charge >= 0.3 is 12.1 Å². The van der Waals surface area contributed by atoms with Gasteiger partial charge < -0.3 is 19.8 Å². The molecule has 3 amide bonds. The Balaban J connectivity index is 1.40. The normalized spacial score (nSPS) is 17.0. The molecule has 41 heavy (non-hydrogen) atoms. The van der Waals surface area contributed by atoms with Crippen molar-refractivity contribution in [2.24, 2.45) is 11.8 Å². The molecule has 4 rings (SSSR count). The highest BCUT2D eigenvalue weighted by Gasteiger charge is 2.44. The number of carbonyl (C=O) groups excluding carboxylic acids is 4. The van der Waals surface area contributed by atoms with E-state index in [2.05, 4.69) is 15.1 Å². The second kappa shape index (κ2) is 12.2. The summed E-state index contributed by atoms with van der Waals surface area (Å²) in [7, 11) is 0. The summed E-state index contributed by atoms with van der Waals surface area (Å²) in [5, 5.41) is 3.66. The van der Waals surface area contributed by atoms with Gasteiger partial charge in [0.1, 0.15) is 12.4 Å². The third kappa shape index (κ3) is 7.29. The Hall–Kier alpha value is -4.68. The molecule has 216 valence electrons. The first-order chi connectivity index (χ1) is 19.4. The lowest BCUT2D eigenvalue weighted by molar-refractivity contribution is -0.208. The summed E-state index contributed by atoms with van der Waals surface area (Å²) in [5.74, 6) is -6.41. The Bertz CT molecular complexity index is 1460. The summed E-state index contributed by atoms with van der Waals surface area (Å²) < 4.78 is 43.3. The van der Waals surface area contributed by atoms with Gasteiger partial charge in [-0.15, -0.1) is 0 Å². The monoisotopic (exact) mass is 572 g/mol. The van der Waals surface area contributed by atoms with E-state index in [4.69, 9.17) is 4.74 Å². The van der Waals surface area contributed by atoms with E-state index in [0.29, 0.717) is 18.0 Å². The van der Waals surface area contributed by atoms with Gasteiger partial charge in [-0.2, -0.15) is 18.7 Å². The number of amides is 3. The number of carbonyl (C=O) groups is 4. The number of halogens is 3. The van der Waals surface area contributed by atoms with Gasteiger partial charge in [0.15, 0.2) is 0 Å². The molecule has 2 aromatic carbocycles. The van der Waals surface area contributed by atoms with Crippen molar-refractivity contribution in [3.8, 4) is 5.75 Å². The number of alkyl halides is 3. The van der Waals surface area contributed by atoms with Crippen molar-refractivity contribution in [2.45, 2.75) is 33.1 Å². The number of pyridine rings is 1. The van der Waals surface area contributed by atoms with Crippen LogP contribution < -0.4 is 15.5 Å². The average molecular weight is 573 g/mol. The maximum absolute atomic E-state index is 13.1. The number of nitrogens with one attached hydrogen (secondary N) is 2. The molecule has 1 aliphatic rings. The Morgan fingerprint density at radius 1 is 1.02 bits per heavy atom. The van der Waals surface area contributed by atoms with Gasteiger partial charge in [0.25, 0.3) is 5.91 Å². The highest BCUT2D eigenvalue weighted by atomic mass is 19.4. The van der Waals surface area contributed by atoms with Gasteiger partial charge in [0, 0.05) is 42.3 Å². The first-order valence-electron chi connectivity index (χ1n) is 12.6. The average Bonchev–Trinajstić information content (AvgIpc) is 2.94. The zero-order chi connectivity index (χ0) is 29.7. The molecule has 1 fully saturated rings. The van der Waals surface area contributed by atoms with Gasteiger partial charge in [-0.3, -0.25) is 19.4 Å². The van der Waals surface area contributed by atoms with Crippen LogP contribution in [-0.4, -0.2) is 52.8 Å². The molecule has 13 heteroatoms. The zero-order valence-electron chi connectivity index (χ0n) is 22.2. The number of nitrogens with zero attached hydrogens (tertiary/aromatic N) is 2. The van der Waals surface area contributed by atoms with Crippen LogP contribution in [0.25, 0.3) is 10.9 Å². The van der Waals surface area contributed by atoms with E-state index in [0.717, 1.165) is 22.2 Å². The van der Waals surface area contributed by atoms with Gasteiger partial charge in [0.05, 0.1) is 17.4 Å². The fourth-order valence-electron chi connectivity index (χ4n) is 4.59. The second-order valence-electron chi connectivity index (χ2n) is 9.56. The molecule has 2 heterocycles. The number of rotatable bonds is 6. The van der Waals surface area contributed by atoms with Crippen molar-refractivity contribution in [2.75, 3.05) is 18.4 Å². The smallest absolute Gasteiger partial charge is 0.489 e. The van der Waals surface area contributed by atoms with Gasteiger partial charge in [-0.25, -0.2) is 4.79 Å². The van der Waals surface area contributed by atoms with E-state index in [9.17, 15) is 32.3 Å². The Morgan fingerprint density at radius 2 is 1.73 bits per heavy atom. The third-order valence-electron chi connectivity index (χ3n) is 6.65. The molecule has 1 saturated heterocycles. The molecule has 2 atom stereocenters. The number of benzene rings is 2. The van der Waals surface area contributed by atoms with E-state index in [1.165, 1.54) is 17.3 Å². The van der Waals surface area contributed by atoms with Crippen LogP contribution >= 0.6 is 0 Å². The van der Waals surface area contributed by atoms with Crippen LogP contribution in [0.5, 0.6) is 5.75 Å². The molecule has 2 N–H and O–H groups in total. The second-order valence-corrected chi connectivity index (χ2v) is 9.56. The number of ether oxygens (including phenoxy) is 1. The van der Waals surface area contributed by atoms with E-state index < -0.39 is 35.8 Å². The van der Waals surface area contributed by atoms with E-state index in [1.807, 2.05) is 37.3 Å². The first-order valence-corrected chi connectivity index (χ1v) is 12.6. The van der Waals surface area contributed by atoms with Crippen molar-refractivity contribution in [3.63, 3.8) is 0 Å². The molecule has 0 aliphatic carbocycles. The molecule has 1 aliphatic heterocycles. The standard InChI is InChI=1S/C28H27F3N4O6/c1-16-13-18(21-5-3-4-6-24(21)32-16)15-40-20-9-7-19(8-10-20)33-25(37)22-11-12-35(17(2)36)14-23(22)26(38)34-41-27(39)28(29,30)31/h3-10,13,22-23H,11-12,14-15H2,1-2H3,(H,33,37)(H,34,38)/t22?,23-/m0/s1. The Labute approximate surface area is 232 Å². The van der Waals surface area contributed by atoms with Crippen molar-refractivity contribution < 1.29 is 41.9 Å². The number of aromatic nitrogens is 1. The minimum absolute atomic E-state index is 0.0667. The van der Waals surface area contributed by atoms with Crippen molar-refractivity contribution in [1.29, 1.82) is 0 Å². The number of anilines is 1. The molecule has 0 spiro atoms.